The number of carboxylic acid groups (broad SMARTS) is 1. The van der Waals surface area contributed by atoms with Crippen molar-refractivity contribution in [3.8, 4) is 5.75 Å². The van der Waals surface area contributed by atoms with Gasteiger partial charge >= 0.3 is 5.97 Å². The lowest BCUT2D eigenvalue weighted by molar-refractivity contribution is -0.139. The van der Waals surface area contributed by atoms with E-state index in [-0.39, 0.29) is 12.5 Å². The van der Waals surface area contributed by atoms with E-state index in [1.807, 2.05) is 24.1 Å². The van der Waals surface area contributed by atoms with Gasteiger partial charge in [0.1, 0.15) is 5.75 Å². The van der Waals surface area contributed by atoms with Crippen molar-refractivity contribution < 1.29 is 19.4 Å². The molecule has 24 heavy (non-hydrogen) atoms. The van der Waals surface area contributed by atoms with E-state index in [1.54, 1.807) is 12.1 Å². The Morgan fingerprint density at radius 3 is 2.38 bits per heavy atom. The fourth-order valence-corrected chi connectivity index (χ4v) is 5.10. The minimum Gasteiger partial charge on any atom is -0.482 e. The normalized spacial score (nSPS) is 32.3. The highest BCUT2D eigenvalue weighted by molar-refractivity contribution is 5.82. The lowest BCUT2D eigenvalue weighted by Gasteiger charge is -2.19. The van der Waals surface area contributed by atoms with Gasteiger partial charge in [-0.2, -0.15) is 0 Å². The van der Waals surface area contributed by atoms with Crippen molar-refractivity contribution in [2.24, 2.45) is 29.6 Å². The van der Waals surface area contributed by atoms with Crippen LogP contribution in [0.3, 0.4) is 0 Å². The van der Waals surface area contributed by atoms with E-state index in [2.05, 4.69) is 0 Å². The largest absolute Gasteiger partial charge is 0.482 e. The van der Waals surface area contributed by atoms with Gasteiger partial charge in [0.05, 0.1) is 0 Å². The number of ether oxygens (including phenoxy) is 1. The first-order valence-corrected chi connectivity index (χ1v) is 8.73. The Hall–Kier alpha value is -2.04. The fourth-order valence-electron chi connectivity index (χ4n) is 5.10. The highest BCUT2D eigenvalue weighted by Gasteiger charge is 2.67. The van der Waals surface area contributed by atoms with Gasteiger partial charge in [0.25, 0.3) is 0 Å². The second-order valence-corrected chi connectivity index (χ2v) is 7.53. The van der Waals surface area contributed by atoms with Crippen LogP contribution in [-0.2, 0) is 16.1 Å². The zero-order valence-electron chi connectivity index (χ0n) is 13.9. The second-order valence-electron chi connectivity index (χ2n) is 7.53. The summed E-state index contributed by atoms with van der Waals surface area (Å²) in [7, 11) is 1.88. The van der Waals surface area contributed by atoms with E-state index in [0.29, 0.717) is 30.0 Å². The molecule has 0 radical (unpaired) electrons. The van der Waals surface area contributed by atoms with E-state index in [0.717, 1.165) is 17.4 Å². The smallest absolute Gasteiger partial charge is 0.341 e. The summed E-state index contributed by atoms with van der Waals surface area (Å²) in [6.07, 6.45) is 4.02. The number of hydrogen-bond donors (Lipinski definition) is 1. The van der Waals surface area contributed by atoms with Gasteiger partial charge in [0.2, 0.25) is 5.91 Å². The fraction of sp³-hybridized carbons (Fsp3) is 0.579. The molecule has 0 spiro atoms. The summed E-state index contributed by atoms with van der Waals surface area (Å²) >= 11 is 0. The van der Waals surface area contributed by atoms with Crippen LogP contribution in [0.2, 0.25) is 0 Å². The number of nitrogens with zero attached hydrogens (tertiary/aromatic N) is 1. The zero-order chi connectivity index (χ0) is 16.8. The van der Waals surface area contributed by atoms with Gasteiger partial charge in [-0.05, 0) is 60.6 Å². The third-order valence-electron chi connectivity index (χ3n) is 6.10. The quantitative estimate of drug-likeness (QED) is 0.870. The molecule has 3 aliphatic carbocycles. The standard InChI is InChI=1S/C19H23NO4/c1-20(9-11-2-6-14(7-3-11)24-10-15(21)22)19(23)18-16-12-4-5-13(8-12)17(16)18/h2-3,6-7,12-13,16-18H,4-5,8-10H2,1H3,(H,21,22). The molecule has 128 valence electrons. The molecule has 4 unspecified atom stereocenters. The molecule has 5 heteroatoms. The van der Waals surface area contributed by atoms with Crippen molar-refractivity contribution in [2.45, 2.75) is 25.8 Å². The molecule has 3 fully saturated rings. The van der Waals surface area contributed by atoms with Gasteiger partial charge in [-0.15, -0.1) is 0 Å². The number of carbonyl (C=O) groups excluding carboxylic acids is 1. The Morgan fingerprint density at radius 2 is 1.79 bits per heavy atom. The number of amides is 1. The number of rotatable bonds is 6. The number of carboxylic acids is 1. The summed E-state index contributed by atoms with van der Waals surface area (Å²) < 4.78 is 5.12. The summed E-state index contributed by atoms with van der Waals surface area (Å²) in [6.45, 7) is 0.244. The van der Waals surface area contributed by atoms with E-state index < -0.39 is 5.97 Å². The highest BCUT2D eigenvalue weighted by Crippen LogP contribution is 2.69. The van der Waals surface area contributed by atoms with Gasteiger partial charge in [0, 0.05) is 19.5 Å². The van der Waals surface area contributed by atoms with Crippen LogP contribution in [-0.4, -0.2) is 35.5 Å². The average Bonchev–Trinajstić information content (AvgIpc) is 2.99. The molecule has 1 aromatic rings. The Labute approximate surface area is 141 Å². The maximum atomic E-state index is 12.7. The average molecular weight is 329 g/mol. The van der Waals surface area contributed by atoms with Crippen molar-refractivity contribution in [1.82, 2.24) is 4.90 Å². The zero-order valence-corrected chi connectivity index (χ0v) is 13.9. The van der Waals surface area contributed by atoms with Crippen molar-refractivity contribution in [3.63, 3.8) is 0 Å². The molecule has 0 saturated heterocycles. The molecule has 3 saturated carbocycles. The predicted octanol–water partition coefficient (Wildman–Crippen LogP) is 2.40. The molecular formula is C19H23NO4. The lowest BCUT2D eigenvalue weighted by atomic mass is 10.0. The first-order chi connectivity index (χ1) is 11.5. The van der Waals surface area contributed by atoms with Gasteiger partial charge in [-0.1, -0.05) is 12.1 Å². The van der Waals surface area contributed by atoms with E-state index in [9.17, 15) is 9.59 Å². The topological polar surface area (TPSA) is 66.8 Å². The third-order valence-corrected chi connectivity index (χ3v) is 6.10. The van der Waals surface area contributed by atoms with E-state index in [1.165, 1.54) is 19.3 Å². The predicted molar refractivity (Wildman–Crippen MR) is 87.3 cm³/mol. The SMILES string of the molecule is CN(Cc1ccc(OCC(=O)O)cc1)C(=O)C1C2C3CCC(C3)C12. The first-order valence-electron chi connectivity index (χ1n) is 8.73. The molecule has 3 aliphatic rings. The Bertz CT molecular complexity index is 640. The Kier molecular flexibility index (Phi) is 3.74. The summed E-state index contributed by atoms with van der Waals surface area (Å²) in [5, 5.41) is 8.61. The summed E-state index contributed by atoms with van der Waals surface area (Å²) in [5.41, 5.74) is 1.03. The van der Waals surface area contributed by atoms with Crippen LogP contribution in [0.4, 0.5) is 0 Å². The van der Waals surface area contributed by atoms with Crippen molar-refractivity contribution in [3.05, 3.63) is 29.8 Å². The lowest BCUT2D eigenvalue weighted by Crippen LogP contribution is -2.29. The van der Waals surface area contributed by atoms with Crippen LogP contribution in [0.15, 0.2) is 24.3 Å². The molecule has 1 aromatic carbocycles. The van der Waals surface area contributed by atoms with Crippen molar-refractivity contribution >= 4 is 11.9 Å². The number of fused-ring (bicyclic) bond motifs is 5. The minimum atomic E-state index is -0.992. The Morgan fingerprint density at radius 1 is 1.17 bits per heavy atom. The van der Waals surface area contributed by atoms with Gasteiger partial charge in [-0.25, -0.2) is 4.79 Å². The first kappa shape index (κ1) is 15.5. The molecule has 5 nitrogen and oxygen atoms in total. The van der Waals surface area contributed by atoms with Crippen molar-refractivity contribution in [2.75, 3.05) is 13.7 Å². The third kappa shape index (κ3) is 2.66. The molecular weight excluding hydrogens is 306 g/mol. The monoisotopic (exact) mass is 329 g/mol. The van der Waals surface area contributed by atoms with Gasteiger partial charge < -0.3 is 14.7 Å². The molecule has 2 bridgehead atoms. The molecule has 0 aromatic heterocycles. The number of benzene rings is 1. The second kappa shape index (κ2) is 5.80. The molecule has 4 rings (SSSR count). The maximum Gasteiger partial charge on any atom is 0.341 e. The van der Waals surface area contributed by atoms with Crippen LogP contribution < -0.4 is 4.74 Å². The van der Waals surface area contributed by atoms with E-state index in [4.69, 9.17) is 9.84 Å². The molecule has 1 amide bonds. The molecule has 4 atom stereocenters. The Balaban J connectivity index is 1.32. The number of carbonyl (C=O) groups is 2. The van der Waals surface area contributed by atoms with Crippen molar-refractivity contribution in [1.29, 1.82) is 0 Å². The summed E-state index contributed by atoms with van der Waals surface area (Å²) in [4.78, 5) is 25.1. The maximum absolute atomic E-state index is 12.7. The minimum absolute atomic E-state index is 0.277. The molecule has 1 N–H and O–H groups in total. The van der Waals surface area contributed by atoms with E-state index >= 15 is 0 Å². The highest BCUT2D eigenvalue weighted by atomic mass is 16.5. The van der Waals surface area contributed by atoms with Gasteiger partial charge in [-0.3, -0.25) is 4.79 Å². The number of hydrogen-bond acceptors (Lipinski definition) is 3. The summed E-state index contributed by atoms with van der Waals surface area (Å²) in [6, 6.07) is 7.28. The molecule has 0 aliphatic heterocycles. The number of aliphatic carboxylic acids is 1. The van der Waals surface area contributed by atoms with Crippen LogP contribution in [0, 0.1) is 29.6 Å². The molecule has 0 heterocycles. The van der Waals surface area contributed by atoms with Crippen LogP contribution in [0.1, 0.15) is 24.8 Å². The van der Waals surface area contributed by atoms with Crippen LogP contribution in [0.5, 0.6) is 5.75 Å². The van der Waals surface area contributed by atoms with Crippen LogP contribution in [0.25, 0.3) is 0 Å². The summed E-state index contributed by atoms with van der Waals surface area (Å²) in [5.74, 6) is 3.08. The van der Waals surface area contributed by atoms with Crippen LogP contribution >= 0.6 is 0 Å². The van der Waals surface area contributed by atoms with Gasteiger partial charge in [0.15, 0.2) is 6.61 Å².